The summed E-state index contributed by atoms with van der Waals surface area (Å²) in [5.41, 5.74) is 0.750. The van der Waals surface area contributed by atoms with E-state index in [1.54, 1.807) is 17.0 Å². The van der Waals surface area contributed by atoms with E-state index in [0.29, 0.717) is 32.5 Å². The summed E-state index contributed by atoms with van der Waals surface area (Å²) in [4.78, 5) is 15.1. The highest BCUT2D eigenvalue weighted by atomic mass is 19.4. The van der Waals surface area contributed by atoms with Crippen LogP contribution in [0.5, 0.6) is 5.75 Å². The van der Waals surface area contributed by atoms with E-state index in [0.717, 1.165) is 11.4 Å². The third kappa shape index (κ3) is 5.12. The van der Waals surface area contributed by atoms with E-state index in [-0.39, 0.29) is 11.9 Å². The summed E-state index contributed by atoms with van der Waals surface area (Å²) in [6, 6.07) is 7.15. The Morgan fingerprint density at radius 3 is 2.29 bits per heavy atom. The van der Waals surface area contributed by atoms with Crippen LogP contribution in [0.3, 0.4) is 0 Å². The van der Waals surface area contributed by atoms with Crippen LogP contribution < -0.4 is 9.64 Å². The van der Waals surface area contributed by atoms with Gasteiger partial charge < -0.3 is 9.64 Å². The third-order valence-corrected chi connectivity index (χ3v) is 4.09. The summed E-state index contributed by atoms with van der Waals surface area (Å²) in [7, 11) is 0. The molecule has 1 aliphatic heterocycles. The minimum atomic E-state index is -4.18. The van der Waals surface area contributed by atoms with Crippen molar-refractivity contribution in [3.8, 4) is 5.75 Å². The second kappa shape index (κ2) is 7.88. The van der Waals surface area contributed by atoms with E-state index < -0.39 is 12.7 Å². The van der Waals surface area contributed by atoms with Gasteiger partial charge in [0, 0.05) is 31.7 Å². The lowest BCUT2D eigenvalue weighted by Gasteiger charge is -2.38. The zero-order valence-corrected chi connectivity index (χ0v) is 14.0. The number of rotatable bonds is 5. The van der Waals surface area contributed by atoms with Gasteiger partial charge in [-0.15, -0.1) is 0 Å². The second-order valence-corrected chi connectivity index (χ2v) is 5.94. The van der Waals surface area contributed by atoms with Crippen LogP contribution in [0.15, 0.2) is 24.3 Å². The van der Waals surface area contributed by atoms with E-state index >= 15 is 0 Å². The maximum atomic E-state index is 12.5. The molecule has 1 amide bonds. The van der Waals surface area contributed by atoms with Gasteiger partial charge >= 0.3 is 6.18 Å². The van der Waals surface area contributed by atoms with E-state index in [2.05, 4.69) is 0 Å². The molecule has 0 aromatic heterocycles. The largest absolute Gasteiger partial charge is 0.494 e. The Balaban J connectivity index is 2.03. The first-order chi connectivity index (χ1) is 11.3. The van der Waals surface area contributed by atoms with E-state index in [1.165, 1.54) is 11.8 Å². The molecule has 0 bridgehead atoms. The van der Waals surface area contributed by atoms with Gasteiger partial charge in [-0.3, -0.25) is 9.69 Å². The van der Waals surface area contributed by atoms with Crippen molar-refractivity contribution < 1.29 is 22.7 Å². The number of piperidine rings is 1. The van der Waals surface area contributed by atoms with Crippen LogP contribution in [0.1, 0.15) is 26.7 Å². The number of carbonyl (C=O) groups is 1. The highest BCUT2D eigenvalue weighted by Crippen LogP contribution is 2.27. The summed E-state index contributed by atoms with van der Waals surface area (Å²) < 4.78 is 42.8. The number of carbonyl (C=O) groups excluding carboxylic acids is 1. The summed E-state index contributed by atoms with van der Waals surface area (Å²) in [6.45, 7) is 3.73. The number of hydrogen-bond donors (Lipinski definition) is 0. The van der Waals surface area contributed by atoms with Gasteiger partial charge in [-0.05, 0) is 44.0 Å². The summed E-state index contributed by atoms with van der Waals surface area (Å²) >= 11 is 0. The first-order valence-electron chi connectivity index (χ1n) is 8.12. The molecule has 0 spiro atoms. The lowest BCUT2D eigenvalue weighted by Crippen LogP contribution is -2.48. The van der Waals surface area contributed by atoms with E-state index in [9.17, 15) is 18.0 Å². The minimum Gasteiger partial charge on any atom is -0.494 e. The molecule has 1 aliphatic rings. The standard InChI is InChI=1S/C17H23F3N2O2/c1-3-24-16-6-4-14(5-7-16)22(13(2)23)15-8-10-21(11-9-15)12-17(18,19)20/h4-7,15H,3,8-12H2,1-2H3. The second-order valence-electron chi connectivity index (χ2n) is 5.94. The van der Waals surface area contributed by atoms with Gasteiger partial charge in [0.1, 0.15) is 5.75 Å². The predicted molar refractivity (Wildman–Crippen MR) is 86.3 cm³/mol. The van der Waals surface area contributed by atoms with Crippen LogP contribution in [0.2, 0.25) is 0 Å². The topological polar surface area (TPSA) is 32.8 Å². The quantitative estimate of drug-likeness (QED) is 0.820. The fraction of sp³-hybridized carbons (Fsp3) is 0.588. The number of ether oxygens (including phenoxy) is 1. The van der Waals surface area contributed by atoms with E-state index in [1.807, 2.05) is 19.1 Å². The lowest BCUT2D eigenvalue weighted by molar-refractivity contribution is -0.148. The highest BCUT2D eigenvalue weighted by Gasteiger charge is 2.34. The molecule has 7 heteroatoms. The van der Waals surface area contributed by atoms with Crippen LogP contribution in [-0.4, -0.2) is 49.3 Å². The lowest BCUT2D eigenvalue weighted by atomic mass is 10.0. The van der Waals surface area contributed by atoms with Crippen molar-refractivity contribution >= 4 is 11.6 Å². The van der Waals surface area contributed by atoms with Crippen molar-refractivity contribution in [1.82, 2.24) is 4.90 Å². The van der Waals surface area contributed by atoms with Crippen LogP contribution >= 0.6 is 0 Å². The van der Waals surface area contributed by atoms with Crippen molar-refractivity contribution in [2.75, 3.05) is 31.1 Å². The van der Waals surface area contributed by atoms with Gasteiger partial charge in [-0.2, -0.15) is 13.2 Å². The monoisotopic (exact) mass is 344 g/mol. The maximum absolute atomic E-state index is 12.5. The summed E-state index contributed by atoms with van der Waals surface area (Å²) in [5, 5.41) is 0. The molecule has 0 N–H and O–H groups in total. The molecule has 1 saturated heterocycles. The number of likely N-dealkylation sites (tertiary alicyclic amines) is 1. The molecule has 1 fully saturated rings. The first-order valence-corrected chi connectivity index (χ1v) is 8.12. The first kappa shape index (κ1) is 18.6. The Morgan fingerprint density at radius 2 is 1.83 bits per heavy atom. The molecule has 1 aromatic carbocycles. The Bertz CT molecular complexity index is 538. The van der Waals surface area contributed by atoms with Gasteiger partial charge in [-0.1, -0.05) is 0 Å². The van der Waals surface area contributed by atoms with Crippen LogP contribution in [0.4, 0.5) is 18.9 Å². The number of anilines is 1. The molecule has 0 radical (unpaired) electrons. The molecule has 0 unspecified atom stereocenters. The van der Waals surface area contributed by atoms with Gasteiger partial charge in [0.25, 0.3) is 0 Å². The highest BCUT2D eigenvalue weighted by molar-refractivity contribution is 5.92. The molecule has 1 aromatic rings. The Morgan fingerprint density at radius 1 is 1.25 bits per heavy atom. The zero-order chi connectivity index (χ0) is 17.7. The number of benzene rings is 1. The molecule has 1 heterocycles. The fourth-order valence-electron chi connectivity index (χ4n) is 3.11. The normalized spacial score (nSPS) is 16.9. The molecule has 0 saturated carbocycles. The minimum absolute atomic E-state index is 0.0788. The molecular formula is C17H23F3N2O2. The van der Waals surface area contributed by atoms with Gasteiger partial charge in [0.05, 0.1) is 13.2 Å². The van der Waals surface area contributed by atoms with Crippen molar-refractivity contribution in [2.45, 2.75) is 38.9 Å². The Kier molecular flexibility index (Phi) is 6.10. The van der Waals surface area contributed by atoms with Gasteiger partial charge in [0.15, 0.2) is 0 Å². The van der Waals surface area contributed by atoms with E-state index in [4.69, 9.17) is 4.74 Å². The molecule has 4 nitrogen and oxygen atoms in total. The summed E-state index contributed by atoms with van der Waals surface area (Å²) in [6.07, 6.45) is -3.12. The maximum Gasteiger partial charge on any atom is 0.401 e. The Labute approximate surface area is 140 Å². The molecule has 0 aliphatic carbocycles. The molecule has 0 atom stereocenters. The number of amides is 1. The average molecular weight is 344 g/mol. The van der Waals surface area contributed by atoms with Crippen LogP contribution in [0, 0.1) is 0 Å². The van der Waals surface area contributed by atoms with Gasteiger partial charge in [-0.25, -0.2) is 0 Å². The molecule has 134 valence electrons. The third-order valence-electron chi connectivity index (χ3n) is 4.09. The number of nitrogens with zero attached hydrogens (tertiary/aromatic N) is 2. The zero-order valence-electron chi connectivity index (χ0n) is 14.0. The van der Waals surface area contributed by atoms with Crippen molar-refractivity contribution in [2.24, 2.45) is 0 Å². The number of halogens is 3. The van der Waals surface area contributed by atoms with Crippen LogP contribution in [-0.2, 0) is 4.79 Å². The predicted octanol–water partition coefficient (Wildman–Crippen LogP) is 3.46. The Hall–Kier alpha value is -1.76. The van der Waals surface area contributed by atoms with Crippen molar-refractivity contribution in [3.63, 3.8) is 0 Å². The van der Waals surface area contributed by atoms with Crippen molar-refractivity contribution in [3.05, 3.63) is 24.3 Å². The number of alkyl halides is 3. The summed E-state index contributed by atoms with van der Waals surface area (Å²) in [5.74, 6) is 0.623. The van der Waals surface area contributed by atoms with Crippen LogP contribution in [0.25, 0.3) is 0 Å². The SMILES string of the molecule is CCOc1ccc(N(C(C)=O)C2CCN(CC(F)(F)F)CC2)cc1. The van der Waals surface area contributed by atoms with Crippen molar-refractivity contribution in [1.29, 1.82) is 0 Å². The fourth-order valence-corrected chi connectivity index (χ4v) is 3.11. The molecular weight excluding hydrogens is 321 g/mol. The molecule has 24 heavy (non-hydrogen) atoms. The molecule has 2 rings (SSSR count). The van der Waals surface area contributed by atoms with Gasteiger partial charge in [0.2, 0.25) is 5.91 Å². The number of hydrogen-bond acceptors (Lipinski definition) is 3. The smallest absolute Gasteiger partial charge is 0.401 e. The average Bonchev–Trinajstić information content (AvgIpc) is 2.49.